The summed E-state index contributed by atoms with van der Waals surface area (Å²) >= 11 is 0. The summed E-state index contributed by atoms with van der Waals surface area (Å²) in [5.41, 5.74) is 0. The third-order valence-corrected chi connectivity index (χ3v) is 1.87. The first-order valence-corrected chi connectivity index (χ1v) is 4.12. The Bertz CT molecular complexity index is 68.1. The van der Waals surface area contributed by atoms with Crippen molar-refractivity contribution < 1.29 is 0 Å². The van der Waals surface area contributed by atoms with Crippen LogP contribution in [-0.2, 0) is 0 Å². The summed E-state index contributed by atoms with van der Waals surface area (Å²) in [6.45, 7) is 4.58. The molecular formula is C9H17. The molecule has 0 aromatic carbocycles. The third kappa shape index (κ3) is 3.56. The van der Waals surface area contributed by atoms with Gasteiger partial charge in [0.15, 0.2) is 0 Å². The number of hydrogen-bond acceptors (Lipinski definition) is 0. The van der Waals surface area contributed by atoms with E-state index < -0.39 is 0 Å². The molecule has 0 amide bonds. The summed E-state index contributed by atoms with van der Waals surface area (Å²) in [7, 11) is 0. The molecule has 9 heavy (non-hydrogen) atoms. The van der Waals surface area contributed by atoms with Crippen molar-refractivity contribution in [3.05, 3.63) is 6.42 Å². The Morgan fingerprint density at radius 1 is 1.44 bits per heavy atom. The van der Waals surface area contributed by atoms with Gasteiger partial charge in [-0.05, 0) is 37.5 Å². The Labute approximate surface area is 58.7 Å². The second-order valence-corrected chi connectivity index (χ2v) is 3.54. The summed E-state index contributed by atoms with van der Waals surface area (Å²) in [4.78, 5) is 0. The molecule has 1 saturated carbocycles. The fourth-order valence-corrected chi connectivity index (χ4v) is 0.997. The lowest BCUT2D eigenvalue weighted by atomic mass is 10.1. The standard InChI is InChI=1S/C9H17/c1-8(2)4-3-5-9-6-7-9/h5,8-9H,3-4,6-7H2,1-2H3. The van der Waals surface area contributed by atoms with Crippen molar-refractivity contribution >= 4 is 0 Å². The van der Waals surface area contributed by atoms with Crippen molar-refractivity contribution in [2.75, 3.05) is 0 Å². The Morgan fingerprint density at radius 2 is 2.11 bits per heavy atom. The topological polar surface area (TPSA) is 0 Å². The monoisotopic (exact) mass is 125 g/mol. The van der Waals surface area contributed by atoms with Gasteiger partial charge in [-0.2, -0.15) is 0 Å². The summed E-state index contributed by atoms with van der Waals surface area (Å²) in [6.07, 6.45) is 8.18. The maximum absolute atomic E-state index is 2.50. The highest BCUT2D eigenvalue weighted by Crippen LogP contribution is 2.33. The average molecular weight is 125 g/mol. The van der Waals surface area contributed by atoms with Crippen molar-refractivity contribution in [2.24, 2.45) is 11.8 Å². The largest absolute Gasteiger partial charge is 0.0628 e. The molecule has 0 heterocycles. The van der Waals surface area contributed by atoms with Crippen LogP contribution in [0.25, 0.3) is 0 Å². The zero-order valence-corrected chi connectivity index (χ0v) is 6.56. The van der Waals surface area contributed by atoms with Crippen LogP contribution < -0.4 is 0 Å². The molecule has 53 valence electrons. The highest BCUT2D eigenvalue weighted by molar-refractivity contribution is 4.86. The molecule has 0 unspecified atom stereocenters. The van der Waals surface area contributed by atoms with Crippen molar-refractivity contribution in [3.63, 3.8) is 0 Å². The van der Waals surface area contributed by atoms with E-state index in [0.29, 0.717) is 0 Å². The Hall–Kier alpha value is 0. The molecule has 0 aromatic heterocycles. The molecule has 0 nitrogen and oxygen atoms in total. The van der Waals surface area contributed by atoms with Gasteiger partial charge in [-0.3, -0.25) is 0 Å². The van der Waals surface area contributed by atoms with Crippen LogP contribution in [0.15, 0.2) is 0 Å². The van der Waals surface area contributed by atoms with Gasteiger partial charge in [0, 0.05) is 0 Å². The second kappa shape index (κ2) is 3.24. The first-order chi connectivity index (χ1) is 4.29. The molecule has 0 aliphatic heterocycles. The van der Waals surface area contributed by atoms with Crippen molar-refractivity contribution in [1.82, 2.24) is 0 Å². The van der Waals surface area contributed by atoms with Crippen molar-refractivity contribution in [2.45, 2.75) is 39.5 Å². The molecule has 1 rings (SSSR count). The zero-order valence-electron chi connectivity index (χ0n) is 6.56. The molecule has 0 bridgehead atoms. The lowest BCUT2D eigenvalue weighted by molar-refractivity contribution is 0.572. The quantitative estimate of drug-likeness (QED) is 0.541. The van der Waals surface area contributed by atoms with E-state index in [1.54, 1.807) is 0 Å². The maximum Gasteiger partial charge on any atom is -0.0355 e. The zero-order chi connectivity index (χ0) is 6.69. The van der Waals surface area contributed by atoms with Crippen LogP contribution in [0.4, 0.5) is 0 Å². The lowest BCUT2D eigenvalue weighted by Gasteiger charge is -2.01. The predicted octanol–water partition coefficient (Wildman–Crippen LogP) is 3.04. The second-order valence-electron chi connectivity index (χ2n) is 3.54. The summed E-state index contributed by atoms with van der Waals surface area (Å²) in [6, 6.07) is 0. The van der Waals surface area contributed by atoms with Crippen LogP contribution in [0.1, 0.15) is 39.5 Å². The maximum atomic E-state index is 2.50. The molecule has 1 fully saturated rings. The van der Waals surface area contributed by atoms with E-state index >= 15 is 0 Å². The minimum absolute atomic E-state index is 0.889. The minimum atomic E-state index is 0.889. The molecule has 1 aliphatic carbocycles. The van der Waals surface area contributed by atoms with E-state index in [-0.39, 0.29) is 0 Å². The van der Waals surface area contributed by atoms with Crippen LogP contribution in [-0.4, -0.2) is 0 Å². The van der Waals surface area contributed by atoms with Gasteiger partial charge in [-0.25, -0.2) is 0 Å². The van der Waals surface area contributed by atoms with Crippen LogP contribution in [0, 0.1) is 18.3 Å². The minimum Gasteiger partial charge on any atom is -0.0628 e. The van der Waals surface area contributed by atoms with Gasteiger partial charge in [0.25, 0.3) is 0 Å². The highest BCUT2D eigenvalue weighted by Gasteiger charge is 2.20. The van der Waals surface area contributed by atoms with Gasteiger partial charge in [0.2, 0.25) is 0 Å². The first kappa shape index (κ1) is 7.11. The summed E-state index contributed by atoms with van der Waals surface area (Å²) in [5, 5.41) is 0. The SMILES string of the molecule is CC(C)CC[CH]C1CC1. The van der Waals surface area contributed by atoms with Crippen LogP contribution in [0.5, 0.6) is 0 Å². The molecular weight excluding hydrogens is 108 g/mol. The Balaban J connectivity index is 1.81. The van der Waals surface area contributed by atoms with Gasteiger partial charge in [0.05, 0.1) is 0 Å². The molecule has 0 heteroatoms. The van der Waals surface area contributed by atoms with Crippen LogP contribution >= 0.6 is 0 Å². The molecule has 1 aliphatic rings. The number of rotatable bonds is 4. The number of hydrogen-bond donors (Lipinski definition) is 0. The normalized spacial score (nSPS) is 19.0. The van der Waals surface area contributed by atoms with Crippen LogP contribution in [0.3, 0.4) is 0 Å². The van der Waals surface area contributed by atoms with E-state index in [1.807, 2.05) is 0 Å². The summed E-state index contributed by atoms with van der Waals surface area (Å²) in [5.74, 6) is 1.91. The Kier molecular flexibility index (Phi) is 2.56. The molecule has 0 aromatic rings. The highest BCUT2D eigenvalue weighted by atomic mass is 14.3. The van der Waals surface area contributed by atoms with Gasteiger partial charge in [0.1, 0.15) is 0 Å². The van der Waals surface area contributed by atoms with Gasteiger partial charge in [-0.15, -0.1) is 0 Å². The molecule has 1 radical (unpaired) electrons. The van der Waals surface area contributed by atoms with E-state index in [2.05, 4.69) is 20.3 Å². The average Bonchev–Trinajstić information content (AvgIpc) is 2.48. The van der Waals surface area contributed by atoms with E-state index in [0.717, 1.165) is 11.8 Å². The van der Waals surface area contributed by atoms with E-state index in [1.165, 1.54) is 25.7 Å². The fraction of sp³-hybridized carbons (Fsp3) is 0.889. The van der Waals surface area contributed by atoms with Crippen molar-refractivity contribution in [1.29, 1.82) is 0 Å². The molecule has 0 N–H and O–H groups in total. The van der Waals surface area contributed by atoms with E-state index in [4.69, 9.17) is 0 Å². The molecule has 0 saturated heterocycles. The van der Waals surface area contributed by atoms with Gasteiger partial charge >= 0.3 is 0 Å². The van der Waals surface area contributed by atoms with E-state index in [9.17, 15) is 0 Å². The fourth-order valence-electron chi connectivity index (χ4n) is 0.997. The Morgan fingerprint density at radius 3 is 2.56 bits per heavy atom. The smallest absolute Gasteiger partial charge is 0.0355 e. The predicted molar refractivity (Wildman–Crippen MR) is 41.1 cm³/mol. The van der Waals surface area contributed by atoms with Crippen LogP contribution in [0.2, 0.25) is 0 Å². The van der Waals surface area contributed by atoms with Gasteiger partial charge < -0.3 is 0 Å². The summed E-state index contributed by atoms with van der Waals surface area (Å²) < 4.78 is 0. The third-order valence-electron chi connectivity index (χ3n) is 1.87. The molecule has 0 spiro atoms. The lowest BCUT2D eigenvalue weighted by Crippen LogP contribution is -1.87. The van der Waals surface area contributed by atoms with Gasteiger partial charge in [-0.1, -0.05) is 20.3 Å². The first-order valence-electron chi connectivity index (χ1n) is 4.12. The van der Waals surface area contributed by atoms with Crippen molar-refractivity contribution in [3.8, 4) is 0 Å². The molecule has 0 atom stereocenters.